The van der Waals surface area contributed by atoms with Crippen LogP contribution >= 0.6 is 0 Å². The van der Waals surface area contributed by atoms with Crippen LogP contribution in [0.1, 0.15) is 25.8 Å². The van der Waals surface area contributed by atoms with E-state index >= 15 is 0 Å². The Morgan fingerprint density at radius 2 is 1.76 bits per heavy atom. The number of sulfone groups is 1. The second-order valence-electron chi connectivity index (χ2n) is 4.63. The Labute approximate surface area is 103 Å². The predicted molar refractivity (Wildman–Crippen MR) is 67.7 cm³/mol. The van der Waals surface area contributed by atoms with Crippen LogP contribution in [-0.2, 0) is 21.1 Å². The molecule has 1 rings (SSSR count). The largest absolute Gasteiger partial charge is 0.300 e. The molecule has 0 aliphatic rings. The Hall–Kier alpha value is -1.16. The van der Waals surface area contributed by atoms with Gasteiger partial charge in [-0.15, -0.1) is 0 Å². The van der Waals surface area contributed by atoms with E-state index in [-0.39, 0.29) is 11.7 Å². The van der Waals surface area contributed by atoms with Gasteiger partial charge in [-0.05, 0) is 37.0 Å². The molecule has 0 saturated carbocycles. The van der Waals surface area contributed by atoms with E-state index in [9.17, 15) is 13.2 Å². The lowest BCUT2D eigenvalue weighted by atomic mass is 9.97. The van der Waals surface area contributed by atoms with E-state index < -0.39 is 9.84 Å². The van der Waals surface area contributed by atoms with Crippen LogP contribution in [0.3, 0.4) is 0 Å². The van der Waals surface area contributed by atoms with Gasteiger partial charge in [-0.25, -0.2) is 8.42 Å². The molecule has 1 unspecified atom stereocenters. The summed E-state index contributed by atoms with van der Waals surface area (Å²) in [5.74, 6) is 0.474. The van der Waals surface area contributed by atoms with Gasteiger partial charge in [-0.2, -0.15) is 0 Å². The SMILES string of the molecule is CC(=O)CC(C)Cc1ccc(S(C)(=O)=O)cc1. The molecule has 0 heterocycles. The van der Waals surface area contributed by atoms with Gasteiger partial charge in [0.25, 0.3) is 0 Å². The number of ketones is 1. The Balaban J connectivity index is 2.72. The zero-order valence-electron chi connectivity index (χ0n) is 10.4. The number of carbonyl (C=O) groups is 1. The average Bonchev–Trinajstić information content (AvgIpc) is 2.15. The first-order valence-electron chi connectivity index (χ1n) is 5.57. The van der Waals surface area contributed by atoms with Crippen LogP contribution in [0.2, 0.25) is 0 Å². The summed E-state index contributed by atoms with van der Waals surface area (Å²) in [5, 5.41) is 0. The number of hydrogen-bond donors (Lipinski definition) is 0. The summed E-state index contributed by atoms with van der Waals surface area (Å²) in [4.78, 5) is 11.3. The summed E-state index contributed by atoms with van der Waals surface area (Å²) in [7, 11) is -3.12. The molecule has 17 heavy (non-hydrogen) atoms. The monoisotopic (exact) mass is 254 g/mol. The lowest BCUT2D eigenvalue weighted by Crippen LogP contribution is -2.05. The molecular formula is C13H18O3S. The van der Waals surface area contributed by atoms with Crippen molar-refractivity contribution in [1.82, 2.24) is 0 Å². The van der Waals surface area contributed by atoms with Gasteiger partial charge in [0.15, 0.2) is 9.84 Å². The lowest BCUT2D eigenvalue weighted by molar-refractivity contribution is -0.117. The standard InChI is InChI=1S/C13H18O3S/c1-10(8-11(2)14)9-12-4-6-13(7-5-12)17(3,15)16/h4-7,10H,8-9H2,1-3H3. The average molecular weight is 254 g/mol. The predicted octanol–water partition coefficient (Wildman–Crippen LogP) is 2.25. The van der Waals surface area contributed by atoms with E-state index in [2.05, 4.69) is 0 Å². The van der Waals surface area contributed by atoms with E-state index in [0.717, 1.165) is 12.0 Å². The Morgan fingerprint density at radius 3 is 2.18 bits per heavy atom. The second kappa shape index (κ2) is 5.45. The van der Waals surface area contributed by atoms with Gasteiger partial charge in [-0.1, -0.05) is 19.1 Å². The van der Waals surface area contributed by atoms with E-state index in [1.54, 1.807) is 19.1 Å². The van der Waals surface area contributed by atoms with Crippen LogP contribution in [0, 0.1) is 5.92 Å². The number of Topliss-reactive ketones (excluding diaryl/α,β-unsaturated/α-hetero) is 1. The first kappa shape index (κ1) is 13.9. The van der Waals surface area contributed by atoms with Crippen LogP contribution in [0.5, 0.6) is 0 Å². The summed E-state index contributed by atoms with van der Waals surface area (Å²) < 4.78 is 22.5. The van der Waals surface area contributed by atoms with Crippen LogP contribution in [0.15, 0.2) is 29.2 Å². The normalized spacial score (nSPS) is 13.4. The quantitative estimate of drug-likeness (QED) is 0.809. The van der Waals surface area contributed by atoms with Crippen LogP contribution < -0.4 is 0 Å². The Morgan fingerprint density at radius 1 is 1.24 bits per heavy atom. The summed E-state index contributed by atoms with van der Waals surface area (Å²) in [5.41, 5.74) is 1.06. The maximum atomic E-state index is 11.3. The minimum Gasteiger partial charge on any atom is -0.300 e. The molecule has 3 nitrogen and oxygen atoms in total. The molecule has 94 valence electrons. The highest BCUT2D eigenvalue weighted by Crippen LogP contribution is 2.15. The van der Waals surface area contributed by atoms with Gasteiger partial charge in [0.2, 0.25) is 0 Å². The highest BCUT2D eigenvalue weighted by Gasteiger charge is 2.09. The van der Waals surface area contributed by atoms with Gasteiger partial charge >= 0.3 is 0 Å². The maximum absolute atomic E-state index is 11.3. The molecule has 1 aromatic carbocycles. The van der Waals surface area contributed by atoms with Crippen molar-refractivity contribution in [3.05, 3.63) is 29.8 Å². The molecule has 0 N–H and O–H groups in total. The van der Waals surface area contributed by atoms with Crippen molar-refractivity contribution in [3.8, 4) is 0 Å². The molecule has 1 atom stereocenters. The van der Waals surface area contributed by atoms with Crippen molar-refractivity contribution in [3.63, 3.8) is 0 Å². The second-order valence-corrected chi connectivity index (χ2v) is 6.65. The fourth-order valence-corrected chi connectivity index (χ4v) is 2.47. The third-order valence-electron chi connectivity index (χ3n) is 2.57. The maximum Gasteiger partial charge on any atom is 0.175 e. The first-order valence-corrected chi connectivity index (χ1v) is 7.46. The van der Waals surface area contributed by atoms with Gasteiger partial charge in [0.1, 0.15) is 5.78 Å². The van der Waals surface area contributed by atoms with E-state index in [1.807, 2.05) is 19.1 Å². The summed E-state index contributed by atoms with van der Waals surface area (Å²) in [6, 6.07) is 6.86. The number of carbonyl (C=O) groups excluding carboxylic acids is 1. The van der Waals surface area contributed by atoms with Crippen molar-refractivity contribution in [2.24, 2.45) is 5.92 Å². The van der Waals surface area contributed by atoms with E-state index in [1.165, 1.54) is 6.26 Å². The summed E-state index contributed by atoms with van der Waals surface area (Å²) in [6.45, 7) is 3.61. The first-order chi connectivity index (χ1) is 7.79. The Kier molecular flexibility index (Phi) is 4.46. The molecule has 0 bridgehead atoms. The van der Waals surface area contributed by atoms with E-state index in [0.29, 0.717) is 11.3 Å². The zero-order valence-corrected chi connectivity index (χ0v) is 11.3. The van der Waals surface area contributed by atoms with Gasteiger partial charge in [0, 0.05) is 12.7 Å². The van der Waals surface area contributed by atoms with Crippen LogP contribution in [0.25, 0.3) is 0 Å². The molecule has 0 spiro atoms. The van der Waals surface area contributed by atoms with Crippen molar-refractivity contribution in [2.75, 3.05) is 6.26 Å². The van der Waals surface area contributed by atoms with Crippen molar-refractivity contribution < 1.29 is 13.2 Å². The van der Waals surface area contributed by atoms with Gasteiger partial charge in [-0.3, -0.25) is 0 Å². The van der Waals surface area contributed by atoms with Crippen molar-refractivity contribution in [2.45, 2.75) is 31.6 Å². The zero-order chi connectivity index (χ0) is 13.1. The van der Waals surface area contributed by atoms with E-state index in [4.69, 9.17) is 0 Å². The molecule has 0 radical (unpaired) electrons. The smallest absolute Gasteiger partial charge is 0.175 e. The minimum absolute atomic E-state index is 0.185. The molecule has 1 aromatic rings. The fourth-order valence-electron chi connectivity index (χ4n) is 1.84. The fraction of sp³-hybridized carbons (Fsp3) is 0.462. The lowest BCUT2D eigenvalue weighted by Gasteiger charge is -2.09. The highest BCUT2D eigenvalue weighted by molar-refractivity contribution is 7.90. The molecule has 0 saturated heterocycles. The van der Waals surface area contributed by atoms with Crippen LogP contribution in [-0.4, -0.2) is 20.5 Å². The third kappa shape index (κ3) is 4.69. The molecule has 0 fully saturated rings. The highest BCUT2D eigenvalue weighted by atomic mass is 32.2. The third-order valence-corrected chi connectivity index (χ3v) is 3.70. The van der Waals surface area contributed by atoms with Gasteiger partial charge < -0.3 is 4.79 Å². The Bertz CT molecular complexity index is 486. The van der Waals surface area contributed by atoms with Crippen molar-refractivity contribution >= 4 is 15.6 Å². The summed E-state index contributed by atoms with van der Waals surface area (Å²) >= 11 is 0. The van der Waals surface area contributed by atoms with Crippen molar-refractivity contribution in [1.29, 1.82) is 0 Å². The number of benzene rings is 1. The molecule has 0 amide bonds. The molecular weight excluding hydrogens is 236 g/mol. The van der Waals surface area contributed by atoms with Gasteiger partial charge in [0.05, 0.1) is 4.90 Å². The summed E-state index contributed by atoms with van der Waals surface area (Å²) in [6.07, 6.45) is 2.55. The number of rotatable bonds is 5. The molecule has 0 aliphatic carbocycles. The van der Waals surface area contributed by atoms with Crippen LogP contribution in [0.4, 0.5) is 0 Å². The molecule has 0 aromatic heterocycles. The molecule has 4 heteroatoms. The number of hydrogen-bond acceptors (Lipinski definition) is 3. The topological polar surface area (TPSA) is 51.2 Å². The minimum atomic E-state index is -3.12. The molecule has 0 aliphatic heterocycles.